The molecule has 0 bridgehead atoms. The summed E-state index contributed by atoms with van der Waals surface area (Å²) in [4.78, 5) is 25.0. The van der Waals surface area contributed by atoms with Crippen LogP contribution in [0.3, 0.4) is 0 Å². The molecular weight excluding hydrogens is 324 g/mol. The van der Waals surface area contributed by atoms with E-state index < -0.39 is 0 Å². The van der Waals surface area contributed by atoms with Crippen LogP contribution in [-0.4, -0.2) is 51.9 Å². The zero-order valence-corrected chi connectivity index (χ0v) is 14.3. The lowest BCUT2D eigenvalue weighted by Gasteiger charge is -2.34. The maximum absolute atomic E-state index is 12.3. The number of amides is 1. The molecule has 2 aromatic rings. The van der Waals surface area contributed by atoms with E-state index in [1.54, 1.807) is 18.6 Å². The van der Waals surface area contributed by atoms with Crippen molar-refractivity contribution in [2.24, 2.45) is 0 Å². The van der Waals surface area contributed by atoms with Gasteiger partial charge in [-0.2, -0.15) is 0 Å². The topological polar surface area (TPSA) is 49.3 Å². The minimum atomic E-state index is 0.232. The Labute approximate surface area is 147 Å². The number of carbonyl (C=O) groups is 1. The van der Waals surface area contributed by atoms with Crippen molar-refractivity contribution in [2.45, 2.75) is 19.4 Å². The molecule has 0 atom stereocenters. The second-order valence-electron chi connectivity index (χ2n) is 5.98. The first-order valence-corrected chi connectivity index (χ1v) is 8.58. The van der Waals surface area contributed by atoms with Crippen molar-refractivity contribution < 1.29 is 4.79 Å². The van der Waals surface area contributed by atoms with E-state index in [0.717, 1.165) is 50.4 Å². The Hall–Kier alpha value is -1.98. The highest BCUT2D eigenvalue weighted by Crippen LogP contribution is 2.11. The molecule has 0 unspecified atom stereocenters. The Morgan fingerprint density at radius 3 is 2.50 bits per heavy atom. The predicted molar refractivity (Wildman–Crippen MR) is 93.7 cm³/mol. The normalized spacial score (nSPS) is 15.5. The van der Waals surface area contributed by atoms with E-state index in [0.29, 0.717) is 11.4 Å². The van der Waals surface area contributed by atoms with Gasteiger partial charge in [0.15, 0.2) is 0 Å². The maximum Gasteiger partial charge on any atom is 0.222 e. The lowest BCUT2D eigenvalue weighted by Crippen LogP contribution is -2.48. The molecule has 1 saturated heterocycles. The van der Waals surface area contributed by atoms with Crippen molar-refractivity contribution in [3.8, 4) is 0 Å². The van der Waals surface area contributed by atoms with Crippen LogP contribution >= 0.6 is 11.6 Å². The Balaban J connectivity index is 1.42. The van der Waals surface area contributed by atoms with E-state index in [4.69, 9.17) is 11.6 Å². The lowest BCUT2D eigenvalue weighted by molar-refractivity contribution is -0.133. The molecule has 0 spiro atoms. The number of rotatable bonds is 5. The third kappa shape index (κ3) is 4.76. The number of nitrogens with zero attached hydrogens (tertiary/aromatic N) is 4. The number of hydrogen-bond acceptors (Lipinski definition) is 4. The molecule has 24 heavy (non-hydrogen) atoms. The van der Waals surface area contributed by atoms with Crippen LogP contribution in [0.5, 0.6) is 0 Å². The highest BCUT2D eigenvalue weighted by molar-refractivity contribution is 6.30. The quantitative estimate of drug-likeness (QED) is 0.835. The van der Waals surface area contributed by atoms with Gasteiger partial charge in [-0.05, 0) is 36.2 Å². The molecule has 1 fully saturated rings. The van der Waals surface area contributed by atoms with Crippen LogP contribution in [0.4, 0.5) is 0 Å². The summed E-state index contributed by atoms with van der Waals surface area (Å²) in [6, 6.07) is 7.74. The molecule has 0 aromatic carbocycles. The van der Waals surface area contributed by atoms with E-state index in [1.165, 1.54) is 0 Å². The van der Waals surface area contributed by atoms with Gasteiger partial charge in [-0.1, -0.05) is 11.6 Å². The summed E-state index contributed by atoms with van der Waals surface area (Å²) < 4.78 is 0. The molecule has 0 aliphatic carbocycles. The largest absolute Gasteiger partial charge is 0.340 e. The fourth-order valence-corrected chi connectivity index (χ4v) is 2.96. The smallest absolute Gasteiger partial charge is 0.222 e. The van der Waals surface area contributed by atoms with Crippen LogP contribution in [0.1, 0.15) is 17.7 Å². The fraction of sp³-hybridized carbons (Fsp3) is 0.389. The fourth-order valence-electron chi connectivity index (χ4n) is 2.84. The van der Waals surface area contributed by atoms with Crippen LogP contribution in [0.25, 0.3) is 0 Å². The van der Waals surface area contributed by atoms with E-state index in [9.17, 15) is 4.79 Å². The molecule has 0 saturated carbocycles. The first kappa shape index (κ1) is 16.9. The van der Waals surface area contributed by atoms with Gasteiger partial charge in [0, 0.05) is 57.7 Å². The van der Waals surface area contributed by atoms with Gasteiger partial charge < -0.3 is 4.90 Å². The Morgan fingerprint density at radius 1 is 1.08 bits per heavy atom. The number of piperazine rings is 1. The third-order valence-electron chi connectivity index (χ3n) is 4.28. The molecule has 126 valence electrons. The minimum absolute atomic E-state index is 0.232. The molecule has 2 aromatic heterocycles. The van der Waals surface area contributed by atoms with Crippen LogP contribution in [0.15, 0.2) is 42.9 Å². The van der Waals surface area contributed by atoms with E-state index in [2.05, 4.69) is 14.9 Å². The van der Waals surface area contributed by atoms with Gasteiger partial charge in [-0.25, -0.2) is 0 Å². The predicted octanol–water partition coefficient (Wildman–Crippen LogP) is 2.41. The maximum atomic E-state index is 12.3. The summed E-state index contributed by atoms with van der Waals surface area (Å²) in [5.74, 6) is 0.232. The van der Waals surface area contributed by atoms with Crippen molar-refractivity contribution in [3.63, 3.8) is 0 Å². The highest BCUT2D eigenvalue weighted by atomic mass is 35.5. The minimum Gasteiger partial charge on any atom is -0.340 e. The number of aryl methyl sites for hydroxylation is 1. The molecule has 3 heterocycles. The number of halogens is 1. The van der Waals surface area contributed by atoms with Crippen molar-refractivity contribution >= 4 is 17.5 Å². The third-order valence-corrected chi connectivity index (χ3v) is 4.50. The monoisotopic (exact) mass is 344 g/mol. The summed E-state index contributed by atoms with van der Waals surface area (Å²) in [5, 5.41) is 0.656. The second-order valence-corrected chi connectivity index (χ2v) is 6.42. The summed E-state index contributed by atoms with van der Waals surface area (Å²) in [6.07, 6.45) is 6.54. The van der Waals surface area contributed by atoms with Gasteiger partial charge >= 0.3 is 0 Å². The molecule has 0 radical (unpaired) electrons. The molecule has 1 amide bonds. The van der Waals surface area contributed by atoms with Crippen molar-refractivity contribution in [2.75, 3.05) is 26.2 Å². The van der Waals surface area contributed by atoms with Crippen molar-refractivity contribution in [3.05, 3.63) is 59.1 Å². The number of pyridine rings is 2. The average molecular weight is 345 g/mol. The molecular formula is C18H21ClN4O. The standard InChI is InChI=1S/C18H21ClN4O/c19-16-2-3-17(21-13-16)14-22-9-11-23(12-10-22)18(24)4-1-15-5-7-20-8-6-15/h2-3,5-8,13H,1,4,9-12,14H2. The molecule has 1 aliphatic heterocycles. The Bertz CT molecular complexity index is 654. The number of carbonyl (C=O) groups excluding carboxylic acids is 1. The van der Waals surface area contributed by atoms with E-state index >= 15 is 0 Å². The van der Waals surface area contributed by atoms with Gasteiger partial charge in [-0.15, -0.1) is 0 Å². The van der Waals surface area contributed by atoms with Gasteiger partial charge in [0.05, 0.1) is 10.7 Å². The summed E-state index contributed by atoms with van der Waals surface area (Å²) in [5.41, 5.74) is 2.17. The van der Waals surface area contributed by atoms with Gasteiger partial charge in [0.1, 0.15) is 0 Å². The summed E-state index contributed by atoms with van der Waals surface area (Å²) in [7, 11) is 0. The first-order valence-electron chi connectivity index (χ1n) is 8.20. The zero-order chi connectivity index (χ0) is 16.8. The van der Waals surface area contributed by atoms with E-state index in [1.807, 2.05) is 29.2 Å². The summed E-state index contributed by atoms with van der Waals surface area (Å²) >= 11 is 5.86. The van der Waals surface area contributed by atoms with Crippen LogP contribution in [-0.2, 0) is 17.8 Å². The average Bonchev–Trinajstić information content (AvgIpc) is 2.63. The molecule has 6 heteroatoms. The SMILES string of the molecule is O=C(CCc1ccncc1)N1CCN(Cc2ccc(Cl)cn2)CC1. The van der Waals surface area contributed by atoms with Gasteiger partial charge in [0.2, 0.25) is 5.91 Å². The zero-order valence-electron chi connectivity index (χ0n) is 13.6. The first-order chi connectivity index (χ1) is 11.7. The summed E-state index contributed by atoms with van der Waals surface area (Å²) in [6.45, 7) is 4.12. The van der Waals surface area contributed by atoms with Gasteiger partial charge in [0.25, 0.3) is 0 Å². The Morgan fingerprint density at radius 2 is 1.83 bits per heavy atom. The molecule has 0 N–H and O–H groups in total. The molecule has 5 nitrogen and oxygen atoms in total. The van der Waals surface area contributed by atoms with Crippen LogP contribution in [0.2, 0.25) is 5.02 Å². The molecule has 3 rings (SSSR count). The number of hydrogen-bond donors (Lipinski definition) is 0. The Kier molecular flexibility index (Phi) is 5.77. The number of aromatic nitrogens is 2. The lowest BCUT2D eigenvalue weighted by atomic mass is 10.1. The van der Waals surface area contributed by atoms with E-state index in [-0.39, 0.29) is 5.91 Å². The highest BCUT2D eigenvalue weighted by Gasteiger charge is 2.21. The molecule has 1 aliphatic rings. The van der Waals surface area contributed by atoms with Crippen molar-refractivity contribution in [1.82, 2.24) is 19.8 Å². The van der Waals surface area contributed by atoms with Crippen LogP contribution < -0.4 is 0 Å². The van der Waals surface area contributed by atoms with Crippen LogP contribution in [0, 0.1) is 0 Å². The van der Waals surface area contributed by atoms with Gasteiger partial charge in [-0.3, -0.25) is 19.7 Å². The second kappa shape index (κ2) is 8.22. The van der Waals surface area contributed by atoms with Crippen molar-refractivity contribution in [1.29, 1.82) is 0 Å².